The first-order valence-corrected chi connectivity index (χ1v) is 8.71. The lowest BCUT2D eigenvalue weighted by Crippen LogP contribution is -2.07. The number of nitrogens with zero attached hydrogens (tertiary/aromatic N) is 4. The van der Waals surface area contributed by atoms with Crippen LogP contribution in [0, 0.1) is 5.82 Å². The molecule has 0 radical (unpaired) electrons. The number of methoxy groups -OCH3 is 1. The van der Waals surface area contributed by atoms with Crippen molar-refractivity contribution in [1.29, 1.82) is 0 Å². The Morgan fingerprint density at radius 1 is 1.10 bits per heavy atom. The Hall–Kier alpha value is -3.62. The lowest BCUT2D eigenvalue weighted by atomic mass is 10.1. The number of halogens is 3. The minimum atomic E-state index is -2.72. The van der Waals surface area contributed by atoms with Gasteiger partial charge in [-0.3, -0.25) is 9.38 Å². The van der Waals surface area contributed by atoms with Crippen molar-refractivity contribution in [2.24, 2.45) is 0 Å². The number of aromatic nitrogens is 4. The molecule has 0 saturated carbocycles. The molecule has 148 valence electrons. The third kappa shape index (κ3) is 3.46. The fraction of sp³-hybridized carbons (Fsp3) is 0.150. The number of benzene rings is 1. The summed E-state index contributed by atoms with van der Waals surface area (Å²) in [5.74, 6) is 0.595. The Balaban J connectivity index is 1.72. The van der Waals surface area contributed by atoms with E-state index in [1.54, 1.807) is 40.8 Å². The van der Waals surface area contributed by atoms with Gasteiger partial charge in [-0.1, -0.05) is 12.1 Å². The molecule has 0 amide bonds. The fourth-order valence-electron chi connectivity index (χ4n) is 3.17. The quantitative estimate of drug-likeness (QED) is 0.518. The molecule has 3 heterocycles. The van der Waals surface area contributed by atoms with Crippen molar-refractivity contribution in [3.05, 3.63) is 72.1 Å². The van der Waals surface area contributed by atoms with Gasteiger partial charge in [0, 0.05) is 29.4 Å². The molecule has 3 aromatic heterocycles. The summed E-state index contributed by atoms with van der Waals surface area (Å²) in [7, 11) is 1.47. The zero-order chi connectivity index (χ0) is 20.4. The number of hydrogen-bond donors (Lipinski definition) is 1. The first kappa shape index (κ1) is 18.7. The zero-order valence-corrected chi connectivity index (χ0v) is 15.3. The zero-order valence-electron chi connectivity index (χ0n) is 15.3. The van der Waals surface area contributed by atoms with Crippen LogP contribution < -0.4 is 10.1 Å². The Morgan fingerprint density at radius 2 is 1.97 bits per heavy atom. The predicted octanol–water partition coefficient (Wildman–Crippen LogP) is 4.49. The number of anilines is 1. The monoisotopic (exact) mass is 399 g/mol. The van der Waals surface area contributed by atoms with Crippen molar-refractivity contribution in [3.8, 4) is 16.9 Å². The van der Waals surface area contributed by atoms with Gasteiger partial charge in [0.05, 0.1) is 7.11 Å². The second kappa shape index (κ2) is 7.78. The van der Waals surface area contributed by atoms with Crippen molar-refractivity contribution in [2.75, 3.05) is 12.4 Å². The molecule has 0 fully saturated rings. The van der Waals surface area contributed by atoms with Crippen LogP contribution in [-0.2, 0) is 6.54 Å². The summed E-state index contributed by atoms with van der Waals surface area (Å²) in [5, 5.41) is 11.1. The molecule has 29 heavy (non-hydrogen) atoms. The Kier molecular flexibility index (Phi) is 5.03. The van der Waals surface area contributed by atoms with Gasteiger partial charge in [0.2, 0.25) is 0 Å². The molecule has 0 saturated heterocycles. The average molecular weight is 399 g/mol. The molecule has 0 unspecified atom stereocenters. The van der Waals surface area contributed by atoms with Gasteiger partial charge < -0.3 is 10.1 Å². The average Bonchev–Trinajstić information content (AvgIpc) is 3.22. The van der Waals surface area contributed by atoms with Gasteiger partial charge in [-0.05, 0) is 30.3 Å². The van der Waals surface area contributed by atoms with Crippen molar-refractivity contribution < 1.29 is 17.9 Å². The lowest BCUT2D eigenvalue weighted by Gasteiger charge is -2.14. The second-order valence-corrected chi connectivity index (χ2v) is 6.17. The molecule has 0 aliphatic rings. The first-order chi connectivity index (χ1) is 14.1. The number of ether oxygens (including phenoxy) is 1. The summed E-state index contributed by atoms with van der Waals surface area (Å²) in [4.78, 5) is 3.79. The molecule has 0 spiro atoms. The van der Waals surface area contributed by atoms with Crippen LogP contribution >= 0.6 is 0 Å². The molecule has 0 bridgehead atoms. The van der Waals surface area contributed by atoms with Gasteiger partial charge in [-0.2, -0.15) is 0 Å². The van der Waals surface area contributed by atoms with E-state index in [0.29, 0.717) is 28.3 Å². The third-order valence-corrected chi connectivity index (χ3v) is 4.53. The fourth-order valence-corrected chi connectivity index (χ4v) is 3.17. The van der Waals surface area contributed by atoms with Gasteiger partial charge in [-0.25, -0.2) is 13.2 Å². The predicted molar refractivity (Wildman–Crippen MR) is 101 cm³/mol. The highest BCUT2D eigenvalue weighted by Crippen LogP contribution is 2.32. The minimum absolute atomic E-state index is 0.150. The number of nitrogens with one attached hydrogen (secondary N) is 1. The highest BCUT2D eigenvalue weighted by molar-refractivity contribution is 5.80. The van der Waals surface area contributed by atoms with Gasteiger partial charge in [-0.15, -0.1) is 10.2 Å². The summed E-state index contributed by atoms with van der Waals surface area (Å²) >= 11 is 0. The maximum Gasteiger partial charge on any atom is 0.280 e. The molecular weight excluding hydrogens is 383 g/mol. The van der Waals surface area contributed by atoms with E-state index < -0.39 is 12.2 Å². The molecule has 4 rings (SSSR count). The molecule has 4 aromatic rings. The summed E-state index contributed by atoms with van der Waals surface area (Å²) < 4.78 is 47.7. The third-order valence-electron chi connectivity index (χ3n) is 4.53. The number of alkyl halides is 2. The second-order valence-electron chi connectivity index (χ2n) is 6.17. The highest BCUT2D eigenvalue weighted by atomic mass is 19.3. The molecular formula is C20H16F3N5O. The van der Waals surface area contributed by atoms with Crippen LogP contribution in [0.15, 0.2) is 55.0 Å². The van der Waals surface area contributed by atoms with E-state index in [1.807, 2.05) is 0 Å². The Morgan fingerprint density at radius 3 is 2.76 bits per heavy atom. The minimum Gasteiger partial charge on any atom is -0.496 e. The number of pyridine rings is 2. The van der Waals surface area contributed by atoms with E-state index in [1.165, 1.54) is 25.7 Å². The number of rotatable bonds is 6. The van der Waals surface area contributed by atoms with E-state index in [4.69, 9.17) is 4.74 Å². The lowest BCUT2D eigenvalue weighted by molar-refractivity contribution is 0.147. The largest absolute Gasteiger partial charge is 0.496 e. The Bertz CT molecular complexity index is 1160. The van der Waals surface area contributed by atoms with E-state index in [-0.39, 0.29) is 17.8 Å². The van der Waals surface area contributed by atoms with Crippen molar-refractivity contribution in [3.63, 3.8) is 0 Å². The van der Waals surface area contributed by atoms with Crippen molar-refractivity contribution in [2.45, 2.75) is 13.0 Å². The normalized spacial score (nSPS) is 11.2. The molecule has 9 heteroatoms. The van der Waals surface area contributed by atoms with Crippen LogP contribution in [0.5, 0.6) is 5.75 Å². The van der Waals surface area contributed by atoms with E-state index in [9.17, 15) is 13.2 Å². The number of fused-ring (bicyclic) bond motifs is 1. The van der Waals surface area contributed by atoms with Crippen LogP contribution in [0.25, 0.3) is 16.8 Å². The van der Waals surface area contributed by atoms with Crippen LogP contribution in [0.3, 0.4) is 0 Å². The topological polar surface area (TPSA) is 64.3 Å². The molecule has 0 aliphatic heterocycles. The van der Waals surface area contributed by atoms with Crippen LogP contribution in [0.2, 0.25) is 0 Å². The number of hydrogen-bond acceptors (Lipinski definition) is 5. The van der Waals surface area contributed by atoms with Gasteiger partial charge >= 0.3 is 0 Å². The first-order valence-electron chi connectivity index (χ1n) is 8.71. The molecule has 0 atom stereocenters. The SMILES string of the molecule is COc1cccc(F)c1CNc1ccc(-c2cccnc2C(F)F)c2nncn12. The van der Waals surface area contributed by atoms with Gasteiger partial charge in [0.1, 0.15) is 29.4 Å². The maximum atomic E-state index is 14.2. The van der Waals surface area contributed by atoms with Gasteiger partial charge in [0.25, 0.3) is 6.43 Å². The molecule has 6 nitrogen and oxygen atoms in total. The smallest absolute Gasteiger partial charge is 0.280 e. The molecule has 1 N–H and O–H groups in total. The van der Waals surface area contributed by atoms with E-state index in [2.05, 4.69) is 20.5 Å². The van der Waals surface area contributed by atoms with E-state index >= 15 is 0 Å². The molecule has 0 aliphatic carbocycles. The van der Waals surface area contributed by atoms with Crippen LogP contribution in [-0.4, -0.2) is 26.7 Å². The van der Waals surface area contributed by atoms with Gasteiger partial charge in [0.15, 0.2) is 5.65 Å². The van der Waals surface area contributed by atoms with Crippen molar-refractivity contribution in [1.82, 2.24) is 19.6 Å². The highest BCUT2D eigenvalue weighted by Gasteiger charge is 2.19. The summed E-state index contributed by atoms with van der Waals surface area (Å²) in [6.45, 7) is 0.150. The Labute approximate surface area is 164 Å². The van der Waals surface area contributed by atoms with Crippen molar-refractivity contribution >= 4 is 11.5 Å². The van der Waals surface area contributed by atoms with E-state index in [0.717, 1.165) is 0 Å². The maximum absolute atomic E-state index is 14.2. The standard InChI is InChI=1S/C20H16F3N5O/c1-29-16-6-2-5-15(21)14(16)10-25-17-8-7-13(20-27-26-11-28(17)20)12-4-3-9-24-18(12)19(22)23/h2-9,11,19,25H,10H2,1H3. The van der Waals surface area contributed by atoms with Crippen LogP contribution in [0.1, 0.15) is 17.7 Å². The summed E-state index contributed by atoms with van der Waals surface area (Å²) in [5.41, 5.74) is 1.18. The summed E-state index contributed by atoms with van der Waals surface area (Å²) in [6.07, 6.45) is 0.0579. The van der Waals surface area contributed by atoms with Crippen LogP contribution in [0.4, 0.5) is 19.0 Å². The molecule has 1 aromatic carbocycles. The summed E-state index contributed by atoms with van der Waals surface area (Å²) in [6, 6.07) is 11.1.